The van der Waals surface area contributed by atoms with Crippen molar-refractivity contribution < 1.29 is 22.7 Å². The molecule has 0 bridgehead atoms. The van der Waals surface area contributed by atoms with E-state index in [-0.39, 0.29) is 22.8 Å². The largest absolute Gasteiger partial charge is 0.469 e. The van der Waals surface area contributed by atoms with E-state index < -0.39 is 33.1 Å². The molecule has 0 unspecified atom stereocenters. The third-order valence-electron chi connectivity index (χ3n) is 5.13. The zero-order chi connectivity index (χ0) is 20.3. The highest BCUT2D eigenvalue weighted by Crippen LogP contribution is 2.38. The summed E-state index contributed by atoms with van der Waals surface area (Å²) in [6, 6.07) is 14.2. The fourth-order valence-corrected chi connectivity index (χ4v) is 5.86. The van der Waals surface area contributed by atoms with Gasteiger partial charge in [-0.2, -0.15) is 0 Å². The summed E-state index contributed by atoms with van der Waals surface area (Å²) >= 11 is 6.10. The number of benzene rings is 2. The molecule has 1 saturated carbocycles. The van der Waals surface area contributed by atoms with Crippen LogP contribution in [-0.2, 0) is 30.7 Å². The molecule has 0 amide bonds. The molecule has 0 radical (unpaired) electrons. The molecular weight excluding hydrogens is 400 g/mol. The van der Waals surface area contributed by atoms with Crippen molar-refractivity contribution in [1.82, 2.24) is 0 Å². The summed E-state index contributed by atoms with van der Waals surface area (Å²) in [5.41, 5.74) is 2.11. The average molecular weight is 423 g/mol. The number of rotatable bonds is 6. The van der Waals surface area contributed by atoms with Crippen LogP contribution < -0.4 is 0 Å². The maximum atomic E-state index is 13.1. The highest BCUT2D eigenvalue weighted by atomic mass is 35.5. The first-order valence-electron chi connectivity index (χ1n) is 9.06. The lowest BCUT2D eigenvalue weighted by atomic mass is 10.1. The molecule has 2 aromatic rings. The molecule has 1 fully saturated rings. The molecular formula is C21H23ClO5S. The Balaban J connectivity index is 1.79. The third kappa shape index (κ3) is 4.40. The van der Waals surface area contributed by atoms with Crippen molar-refractivity contribution in [2.45, 2.75) is 42.6 Å². The second kappa shape index (κ2) is 8.64. The molecule has 0 aliphatic heterocycles. The van der Waals surface area contributed by atoms with Crippen LogP contribution >= 0.6 is 11.6 Å². The van der Waals surface area contributed by atoms with Crippen LogP contribution in [0.15, 0.2) is 53.4 Å². The molecule has 3 rings (SSSR count). The molecule has 0 saturated heterocycles. The topological polar surface area (TPSA) is 69.7 Å². The van der Waals surface area contributed by atoms with Crippen LogP contribution in [0.3, 0.4) is 0 Å². The normalized spacial score (nSPS) is 22.2. The van der Waals surface area contributed by atoms with Crippen molar-refractivity contribution in [3.63, 3.8) is 0 Å². The number of carbonyl (C=O) groups is 1. The number of esters is 1. The van der Waals surface area contributed by atoms with E-state index >= 15 is 0 Å². The summed E-state index contributed by atoms with van der Waals surface area (Å²) in [7, 11) is -2.38. The minimum Gasteiger partial charge on any atom is -0.469 e. The highest BCUT2D eigenvalue weighted by Gasteiger charge is 2.46. The van der Waals surface area contributed by atoms with E-state index in [4.69, 9.17) is 21.1 Å². The van der Waals surface area contributed by atoms with Crippen LogP contribution in [0.2, 0.25) is 5.02 Å². The summed E-state index contributed by atoms with van der Waals surface area (Å²) in [6.07, 6.45) is -0.158. The molecule has 1 aliphatic rings. The van der Waals surface area contributed by atoms with Gasteiger partial charge >= 0.3 is 5.97 Å². The van der Waals surface area contributed by atoms with Crippen LogP contribution in [-0.4, -0.2) is 32.9 Å². The van der Waals surface area contributed by atoms with Crippen molar-refractivity contribution >= 4 is 27.4 Å². The number of sulfone groups is 1. The maximum absolute atomic E-state index is 13.1. The predicted molar refractivity (Wildman–Crippen MR) is 107 cm³/mol. The number of hydrogen-bond acceptors (Lipinski definition) is 5. The van der Waals surface area contributed by atoms with Gasteiger partial charge in [0.1, 0.15) is 0 Å². The Labute approximate surface area is 170 Å². The van der Waals surface area contributed by atoms with Gasteiger partial charge in [-0.25, -0.2) is 8.42 Å². The molecule has 150 valence electrons. The maximum Gasteiger partial charge on any atom is 0.311 e. The van der Waals surface area contributed by atoms with Gasteiger partial charge in [-0.3, -0.25) is 4.79 Å². The first-order valence-corrected chi connectivity index (χ1v) is 11.0. The van der Waals surface area contributed by atoms with Gasteiger partial charge < -0.3 is 9.47 Å². The van der Waals surface area contributed by atoms with E-state index in [1.165, 1.54) is 13.2 Å². The van der Waals surface area contributed by atoms with Crippen molar-refractivity contribution in [3.8, 4) is 0 Å². The van der Waals surface area contributed by atoms with Gasteiger partial charge in [0.15, 0.2) is 9.84 Å². The molecule has 3 atom stereocenters. The summed E-state index contributed by atoms with van der Waals surface area (Å²) in [6.45, 7) is 2.30. The minimum atomic E-state index is -3.69. The van der Waals surface area contributed by atoms with E-state index in [2.05, 4.69) is 0 Å². The van der Waals surface area contributed by atoms with Crippen LogP contribution in [0.4, 0.5) is 0 Å². The van der Waals surface area contributed by atoms with Gasteiger partial charge in [-0.15, -0.1) is 0 Å². The zero-order valence-corrected chi connectivity index (χ0v) is 17.4. The molecule has 0 N–H and O–H groups in total. The quantitative estimate of drug-likeness (QED) is 0.659. The third-order valence-corrected chi connectivity index (χ3v) is 7.80. The summed E-state index contributed by atoms with van der Waals surface area (Å²) in [4.78, 5) is 12.3. The molecule has 0 heterocycles. The fourth-order valence-electron chi connectivity index (χ4n) is 3.53. The van der Waals surface area contributed by atoms with Gasteiger partial charge in [-0.1, -0.05) is 53.6 Å². The van der Waals surface area contributed by atoms with E-state index in [9.17, 15) is 13.2 Å². The SMILES string of the molecule is COC(=O)[C@H]1C[C@H](S(=O)(=O)c2ccccc2Cl)C[C@@H]1OCc1ccc(C)cc1. The lowest BCUT2D eigenvalue weighted by Gasteiger charge is -2.18. The summed E-state index contributed by atoms with van der Waals surface area (Å²) < 4.78 is 37.0. The Morgan fingerprint density at radius 3 is 2.43 bits per heavy atom. The Hall–Kier alpha value is -1.89. The summed E-state index contributed by atoms with van der Waals surface area (Å²) in [5.74, 6) is -1.08. The van der Waals surface area contributed by atoms with E-state index in [1.807, 2.05) is 31.2 Å². The molecule has 0 aromatic heterocycles. The molecule has 1 aliphatic carbocycles. The first-order chi connectivity index (χ1) is 13.3. The Morgan fingerprint density at radius 1 is 1.11 bits per heavy atom. The molecule has 7 heteroatoms. The lowest BCUT2D eigenvalue weighted by molar-refractivity contribution is -0.150. The van der Waals surface area contributed by atoms with Crippen molar-refractivity contribution in [3.05, 3.63) is 64.7 Å². The van der Waals surface area contributed by atoms with Crippen molar-refractivity contribution in [2.75, 3.05) is 7.11 Å². The number of methoxy groups -OCH3 is 1. The van der Waals surface area contributed by atoms with Gasteiger partial charge in [0.25, 0.3) is 0 Å². The standard InChI is InChI=1S/C21H23ClO5S/c1-14-7-9-15(10-8-14)13-27-19-12-16(11-17(19)21(23)26-2)28(24,25)20-6-4-3-5-18(20)22/h3-10,16-17,19H,11-13H2,1-2H3/t16-,17-,19-/m0/s1. The number of aryl methyl sites for hydroxylation is 1. The average Bonchev–Trinajstić information content (AvgIpc) is 3.12. The second-order valence-corrected chi connectivity index (χ2v) is 9.64. The number of hydrogen-bond donors (Lipinski definition) is 0. The number of carbonyl (C=O) groups excluding carboxylic acids is 1. The minimum absolute atomic E-state index is 0.0875. The van der Waals surface area contributed by atoms with Crippen molar-refractivity contribution in [2.24, 2.45) is 5.92 Å². The van der Waals surface area contributed by atoms with Crippen molar-refractivity contribution in [1.29, 1.82) is 0 Å². The van der Waals surface area contributed by atoms with Crippen LogP contribution in [0.5, 0.6) is 0 Å². The smallest absolute Gasteiger partial charge is 0.311 e. The van der Waals surface area contributed by atoms with Gasteiger partial charge in [0.05, 0.1) is 40.9 Å². The van der Waals surface area contributed by atoms with Crippen LogP contribution in [0, 0.1) is 12.8 Å². The van der Waals surface area contributed by atoms with Gasteiger partial charge in [-0.05, 0) is 37.5 Å². The van der Waals surface area contributed by atoms with Crippen LogP contribution in [0.1, 0.15) is 24.0 Å². The molecule has 28 heavy (non-hydrogen) atoms. The highest BCUT2D eigenvalue weighted by molar-refractivity contribution is 7.92. The Bertz CT molecular complexity index is 940. The molecule has 5 nitrogen and oxygen atoms in total. The summed E-state index contributed by atoms with van der Waals surface area (Å²) in [5, 5.41) is -0.569. The van der Waals surface area contributed by atoms with Crippen LogP contribution in [0.25, 0.3) is 0 Å². The molecule has 2 aromatic carbocycles. The second-order valence-electron chi connectivity index (χ2n) is 7.03. The van der Waals surface area contributed by atoms with E-state index in [1.54, 1.807) is 18.2 Å². The lowest BCUT2D eigenvalue weighted by Crippen LogP contribution is -2.26. The molecule has 0 spiro atoms. The fraction of sp³-hybridized carbons (Fsp3) is 0.381. The number of halogens is 1. The Morgan fingerprint density at radius 2 is 1.79 bits per heavy atom. The van der Waals surface area contributed by atoms with E-state index in [0.29, 0.717) is 6.61 Å². The Kier molecular flexibility index (Phi) is 6.43. The number of ether oxygens (including phenoxy) is 2. The van der Waals surface area contributed by atoms with E-state index in [0.717, 1.165) is 11.1 Å². The van der Waals surface area contributed by atoms with Gasteiger partial charge in [0, 0.05) is 0 Å². The zero-order valence-electron chi connectivity index (χ0n) is 15.8. The predicted octanol–water partition coefficient (Wildman–Crippen LogP) is 3.96. The first kappa shape index (κ1) is 20.8. The van der Waals surface area contributed by atoms with Gasteiger partial charge in [0.2, 0.25) is 0 Å². The monoisotopic (exact) mass is 422 g/mol.